The maximum Gasteiger partial charge on any atom is -0.0355 e. The Kier molecular flexibility index (Phi) is 8.83. The molecule has 0 heteroatoms. The van der Waals surface area contributed by atoms with Gasteiger partial charge in [-0.15, -0.1) is 0 Å². The molecule has 2 aliphatic rings. The Morgan fingerprint density at radius 3 is 2.12 bits per heavy atom. The summed E-state index contributed by atoms with van der Waals surface area (Å²) < 4.78 is 0. The van der Waals surface area contributed by atoms with Crippen molar-refractivity contribution in [2.75, 3.05) is 0 Å². The first-order valence-electron chi connectivity index (χ1n) is 12.0. The molecule has 0 N–H and O–H groups in total. The molecule has 0 aliphatic heterocycles. The maximum absolute atomic E-state index is 2.55. The molecule has 0 saturated heterocycles. The van der Waals surface area contributed by atoms with Crippen molar-refractivity contribution in [3.8, 4) is 0 Å². The van der Waals surface area contributed by atoms with E-state index in [0.29, 0.717) is 0 Å². The molecule has 2 fully saturated rings. The van der Waals surface area contributed by atoms with Gasteiger partial charge in [0.25, 0.3) is 0 Å². The van der Waals surface area contributed by atoms with Crippen LogP contribution in [0.2, 0.25) is 0 Å². The fourth-order valence-electron chi connectivity index (χ4n) is 5.39. The molecule has 0 heterocycles. The number of hydrogen-bond acceptors (Lipinski definition) is 0. The van der Waals surface area contributed by atoms with E-state index in [1.165, 1.54) is 64.2 Å². The van der Waals surface area contributed by atoms with Gasteiger partial charge in [-0.1, -0.05) is 99.3 Å². The van der Waals surface area contributed by atoms with Gasteiger partial charge >= 0.3 is 0 Å². The van der Waals surface area contributed by atoms with Gasteiger partial charge in [0.15, 0.2) is 0 Å². The average Bonchev–Trinajstić information content (AvgIpc) is 3.52. The normalized spacial score (nSPS) is 32.9. The van der Waals surface area contributed by atoms with Crippen LogP contribution in [0, 0.1) is 47.3 Å². The van der Waals surface area contributed by atoms with Crippen molar-refractivity contribution in [3.63, 3.8) is 0 Å². The number of rotatable bonds is 14. The van der Waals surface area contributed by atoms with E-state index in [1.807, 2.05) is 0 Å². The Morgan fingerprint density at radius 1 is 0.760 bits per heavy atom. The maximum atomic E-state index is 2.55. The van der Waals surface area contributed by atoms with Crippen molar-refractivity contribution >= 4 is 0 Å². The first-order chi connectivity index (χ1) is 12.0. The zero-order valence-electron chi connectivity index (χ0n) is 18.4. The van der Waals surface area contributed by atoms with Crippen molar-refractivity contribution in [3.05, 3.63) is 0 Å². The minimum absolute atomic E-state index is 0.946. The second-order valence-electron chi connectivity index (χ2n) is 10.3. The monoisotopic (exact) mass is 348 g/mol. The summed E-state index contributed by atoms with van der Waals surface area (Å²) in [6, 6.07) is 0. The number of hydrogen-bond donors (Lipinski definition) is 0. The van der Waals surface area contributed by atoms with Crippen LogP contribution >= 0.6 is 0 Å². The van der Waals surface area contributed by atoms with Gasteiger partial charge in [-0.25, -0.2) is 0 Å². The van der Waals surface area contributed by atoms with E-state index >= 15 is 0 Å². The lowest BCUT2D eigenvalue weighted by atomic mass is 9.84. The third-order valence-electron chi connectivity index (χ3n) is 8.33. The third-order valence-corrected chi connectivity index (χ3v) is 8.33. The zero-order chi connectivity index (χ0) is 18.4. The zero-order valence-corrected chi connectivity index (χ0v) is 18.4. The topological polar surface area (TPSA) is 0 Å². The number of unbranched alkanes of at least 4 members (excludes halogenated alkanes) is 2. The van der Waals surface area contributed by atoms with E-state index in [-0.39, 0.29) is 0 Å². The van der Waals surface area contributed by atoms with Gasteiger partial charge < -0.3 is 0 Å². The molecule has 2 saturated carbocycles. The second-order valence-corrected chi connectivity index (χ2v) is 10.3. The van der Waals surface area contributed by atoms with Crippen molar-refractivity contribution in [2.24, 2.45) is 47.3 Å². The lowest BCUT2D eigenvalue weighted by molar-refractivity contribution is 0.281. The van der Waals surface area contributed by atoms with Gasteiger partial charge in [-0.05, 0) is 60.2 Å². The smallest absolute Gasteiger partial charge is 0.0355 e. The molecule has 25 heavy (non-hydrogen) atoms. The molecule has 0 radical (unpaired) electrons. The van der Waals surface area contributed by atoms with Crippen LogP contribution in [-0.4, -0.2) is 0 Å². The van der Waals surface area contributed by atoms with E-state index in [0.717, 1.165) is 47.3 Å². The fourth-order valence-corrected chi connectivity index (χ4v) is 5.39. The van der Waals surface area contributed by atoms with E-state index in [9.17, 15) is 0 Å². The Labute approximate surface area is 159 Å². The molecule has 0 aromatic carbocycles. The highest BCUT2D eigenvalue weighted by molar-refractivity contribution is 4.92. The van der Waals surface area contributed by atoms with Gasteiger partial charge in [-0.2, -0.15) is 0 Å². The predicted molar refractivity (Wildman–Crippen MR) is 113 cm³/mol. The van der Waals surface area contributed by atoms with Crippen LogP contribution in [0.4, 0.5) is 0 Å². The van der Waals surface area contributed by atoms with Gasteiger partial charge in [-0.3, -0.25) is 0 Å². The Morgan fingerprint density at radius 2 is 1.48 bits per heavy atom. The summed E-state index contributed by atoms with van der Waals surface area (Å²) in [7, 11) is 0. The van der Waals surface area contributed by atoms with Crippen molar-refractivity contribution < 1.29 is 0 Å². The lowest BCUT2D eigenvalue weighted by Gasteiger charge is -2.22. The Bertz CT molecular complexity index is 359. The van der Waals surface area contributed by atoms with Crippen LogP contribution in [0.15, 0.2) is 0 Å². The molecule has 0 aromatic heterocycles. The molecule has 2 aliphatic carbocycles. The summed E-state index contributed by atoms with van der Waals surface area (Å²) in [5.41, 5.74) is 0. The highest BCUT2D eigenvalue weighted by Crippen LogP contribution is 2.51. The highest BCUT2D eigenvalue weighted by atomic mass is 14.5. The molecule has 0 nitrogen and oxygen atoms in total. The van der Waals surface area contributed by atoms with Crippen molar-refractivity contribution in [1.82, 2.24) is 0 Å². The first-order valence-corrected chi connectivity index (χ1v) is 12.0. The van der Waals surface area contributed by atoms with Crippen LogP contribution in [0.25, 0.3) is 0 Å². The van der Waals surface area contributed by atoms with Gasteiger partial charge in [0.05, 0.1) is 0 Å². The minimum atomic E-state index is 0.946. The summed E-state index contributed by atoms with van der Waals surface area (Å²) in [6.45, 7) is 14.7. The average molecular weight is 349 g/mol. The van der Waals surface area contributed by atoms with Crippen molar-refractivity contribution in [2.45, 2.75) is 112 Å². The van der Waals surface area contributed by atoms with E-state index in [4.69, 9.17) is 0 Å². The largest absolute Gasteiger partial charge is 0.0651 e. The lowest BCUT2D eigenvalue weighted by Crippen LogP contribution is -2.13. The standard InChI is InChI=1S/C25H48/c1-7-18(3)12-10-9-11-13-23-17-24(23)20(5)15-14-19(4)21(6)25-16-22(25)8-2/h18-25H,7-17H2,1-6H3. The molecule has 8 atom stereocenters. The fraction of sp³-hybridized carbons (Fsp3) is 1.00. The molecule has 2 rings (SSSR count). The van der Waals surface area contributed by atoms with E-state index < -0.39 is 0 Å². The Balaban J connectivity index is 1.50. The molecule has 0 aromatic rings. The van der Waals surface area contributed by atoms with Crippen LogP contribution in [0.5, 0.6) is 0 Å². The molecular weight excluding hydrogens is 300 g/mol. The summed E-state index contributed by atoms with van der Waals surface area (Å²) >= 11 is 0. The highest BCUT2D eigenvalue weighted by Gasteiger charge is 2.42. The molecule has 0 bridgehead atoms. The SMILES string of the molecule is CCC(C)CCCCCC1CC1C(C)CCC(C)C(C)C1CC1CC. The van der Waals surface area contributed by atoms with Crippen LogP contribution < -0.4 is 0 Å². The third kappa shape index (κ3) is 6.91. The van der Waals surface area contributed by atoms with Crippen LogP contribution in [0.1, 0.15) is 112 Å². The van der Waals surface area contributed by atoms with Gasteiger partial charge in [0.2, 0.25) is 0 Å². The molecule has 0 spiro atoms. The van der Waals surface area contributed by atoms with Gasteiger partial charge in [0.1, 0.15) is 0 Å². The van der Waals surface area contributed by atoms with Crippen LogP contribution in [-0.2, 0) is 0 Å². The van der Waals surface area contributed by atoms with Crippen LogP contribution in [0.3, 0.4) is 0 Å². The molecule has 0 amide bonds. The van der Waals surface area contributed by atoms with E-state index in [1.54, 1.807) is 6.42 Å². The molecular formula is C25H48. The molecule has 8 unspecified atom stereocenters. The summed E-state index contributed by atoms with van der Waals surface area (Å²) in [6.07, 6.45) is 16.3. The Hall–Kier alpha value is 0. The van der Waals surface area contributed by atoms with E-state index in [2.05, 4.69) is 41.5 Å². The summed E-state index contributed by atoms with van der Waals surface area (Å²) in [5, 5.41) is 0. The first kappa shape index (κ1) is 21.3. The minimum Gasteiger partial charge on any atom is -0.0651 e. The van der Waals surface area contributed by atoms with Crippen molar-refractivity contribution in [1.29, 1.82) is 0 Å². The summed E-state index contributed by atoms with van der Waals surface area (Å²) in [5.74, 6) is 8.17. The predicted octanol–water partition coefficient (Wildman–Crippen LogP) is 8.35. The second kappa shape index (κ2) is 10.4. The quantitative estimate of drug-likeness (QED) is 0.277. The summed E-state index contributed by atoms with van der Waals surface area (Å²) in [4.78, 5) is 0. The van der Waals surface area contributed by atoms with Gasteiger partial charge in [0, 0.05) is 0 Å². The molecule has 148 valence electrons.